The number of carbonyl (C=O) groups excluding carboxylic acids is 1. The van der Waals surface area contributed by atoms with Crippen LogP contribution >= 0.6 is 0 Å². The molecule has 1 aliphatic rings. The SMILES string of the molecule is Cc1nc2c(cnn2C(C)C)cc1C(=O)N1CCCC(CCC(=O)O)C1. The highest BCUT2D eigenvalue weighted by atomic mass is 16.4. The highest BCUT2D eigenvalue weighted by molar-refractivity contribution is 5.98. The number of piperidine rings is 1. The molecule has 1 atom stereocenters. The molecule has 2 aromatic heterocycles. The number of amides is 1. The smallest absolute Gasteiger partial charge is 0.303 e. The van der Waals surface area contributed by atoms with Gasteiger partial charge < -0.3 is 10.0 Å². The fraction of sp³-hybridized carbons (Fsp3) is 0.579. The minimum atomic E-state index is -0.777. The van der Waals surface area contributed by atoms with Gasteiger partial charge in [0, 0.05) is 30.9 Å². The number of rotatable bonds is 5. The Balaban J connectivity index is 1.80. The van der Waals surface area contributed by atoms with Crippen LogP contribution in [0.15, 0.2) is 12.3 Å². The Morgan fingerprint density at radius 3 is 2.85 bits per heavy atom. The lowest BCUT2D eigenvalue weighted by Crippen LogP contribution is -2.40. The Hall–Kier alpha value is -2.44. The molecule has 140 valence electrons. The van der Waals surface area contributed by atoms with Crippen molar-refractivity contribution in [1.82, 2.24) is 19.7 Å². The first-order chi connectivity index (χ1) is 12.4. The zero-order chi connectivity index (χ0) is 18.8. The maximum atomic E-state index is 13.0. The normalized spacial score (nSPS) is 17.8. The number of carbonyl (C=O) groups is 2. The second-order valence-electron chi connectivity index (χ2n) is 7.41. The second kappa shape index (κ2) is 7.43. The molecule has 0 bridgehead atoms. The molecule has 0 spiro atoms. The highest BCUT2D eigenvalue weighted by Gasteiger charge is 2.26. The van der Waals surface area contributed by atoms with Crippen molar-refractivity contribution in [2.75, 3.05) is 13.1 Å². The standard InChI is InChI=1S/C19H26N4O3/c1-12(2)23-18-15(10-20-23)9-16(13(3)21-18)19(26)22-8-4-5-14(11-22)6-7-17(24)25/h9-10,12,14H,4-8,11H2,1-3H3,(H,24,25). The van der Waals surface area contributed by atoms with Crippen molar-refractivity contribution in [1.29, 1.82) is 0 Å². The molecule has 0 aliphatic carbocycles. The summed E-state index contributed by atoms with van der Waals surface area (Å²) in [5, 5.41) is 14.1. The fourth-order valence-corrected chi connectivity index (χ4v) is 3.64. The van der Waals surface area contributed by atoms with E-state index < -0.39 is 5.97 Å². The number of carboxylic acids is 1. The second-order valence-corrected chi connectivity index (χ2v) is 7.41. The molecule has 2 aromatic rings. The summed E-state index contributed by atoms with van der Waals surface area (Å²) in [5.41, 5.74) is 2.12. The van der Waals surface area contributed by atoms with Crippen LogP contribution < -0.4 is 0 Å². The quantitative estimate of drug-likeness (QED) is 0.887. The zero-order valence-electron chi connectivity index (χ0n) is 15.6. The summed E-state index contributed by atoms with van der Waals surface area (Å²) >= 11 is 0. The number of hydrogen-bond acceptors (Lipinski definition) is 4. The summed E-state index contributed by atoms with van der Waals surface area (Å²) in [5.74, 6) is -0.542. The maximum Gasteiger partial charge on any atom is 0.303 e. The topological polar surface area (TPSA) is 88.3 Å². The van der Waals surface area contributed by atoms with E-state index >= 15 is 0 Å². The van der Waals surface area contributed by atoms with Gasteiger partial charge >= 0.3 is 5.97 Å². The van der Waals surface area contributed by atoms with Gasteiger partial charge in [-0.3, -0.25) is 9.59 Å². The number of aromatic nitrogens is 3. The molecule has 0 radical (unpaired) electrons. The first kappa shape index (κ1) is 18.4. The fourth-order valence-electron chi connectivity index (χ4n) is 3.64. The van der Waals surface area contributed by atoms with Crippen LogP contribution in [-0.2, 0) is 4.79 Å². The molecule has 1 unspecified atom stereocenters. The van der Waals surface area contributed by atoms with Gasteiger partial charge in [-0.2, -0.15) is 5.10 Å². The minimum Gasteiger partial charge on any atom is -0.481 e. The third kappa shape index (κ3) is 3.71. The first-order valence-corrected chi connectivity index (χ1v) is 9.22. The molecule has 0 saturated carbocycles. The van der Waals surface area contributed by atoms with Gasteiger partial charge in [0.25, 0.3) is 5.91 Å². The number of pyridine rings is 1. The molecule has 3 rings (SSSR count). The van der Waals surface area contributed by atoms with E-state index in [1.54, 1.807) is 6.20 Å². The van der Waals surface area contributed by atoms with Crippen molar-refractivity contribution in [2.24, 2.45) is 5.92 Å². The van der Waals surface area contributed by atoms with E-state index in [2.05, 4.69) is 10.1 Å². The lowest BCUT2D eigenvalue weighted by Gasteiger charge is -2.33. The van der Waals surface area contributed by atoms with Crippen LogP contribution in [0, 0.1) is 12.8 Å². The molecule has 7 heteroatoms. The van der Waals surface area contributed by atoms with Crippen molar-refractivity contribution >= 4 is 22.9 Å². The maximum absolute atomic E-state index is 13.0. The first-order valence-electron chi connectivity index (χ1n) is 9.22. The van der Waals surface area contributed by atoms with Crippen LogP contribution in [0.1, 0.15) is 61.6 Å². The predicted molar refractivity (Wildman–Crippen MR) is 98.1 cm³/mol. The van der Waals surface area contributed by atoms with Gasteiger partial charge in [0.1, 0.15) is 0 Å². The van der Waals surface area contributed by atoms with Crippen molar-refractivity contribution in [2.45, 2.75) is 52.5 Å². The molecule has 0 aromatic carbocycles. The number of fused-ring (bicyclic) bond motifs is 1. The van der Waals surface area contributed by atoms with Crippen LogP contribution in [0.3, 0.4) is 0 Å². The third-order valence-corrected chi connectivity index (χ3v) is 5.05. The van der Waals surface area contributed by atoms with Gasteiger partial charge in [-0.1, -0.05) is 0 Å². The molecule has 1 fully saturated rings. The Bertz CT molecular complexity index is 828. The summed E-state index contributed by atoms with van der Waals surface area (Å²) in [6.45, 7) is 7.29. The Labute approximate surface area is 153 Å². The monoisotopic (exact) mass is 358 g/mol. The van der Waals surface area contributed by atoms with Gasteiger partial charge in [-0.05, 0) is 52.0 Å². The van der Waals surface area contributed by atoms with E-state index in [1.807, 2.05) is 36.4 Å². The van der Waals surface area contributed by atoms with Gasteiger partial charge in [0.2, 0.25) is 0 Å². The van der Waals surface area contributed by atoms with Crippen LogP contribution in [0.25, 0.3) is 11.0 Å². The van der Waals surface area contributed by atoms with Crippen molar-refractivity contribution in [3.05, 3.63) is 23.5 Å². The van der Waals surface area contributed by atoms with Crippen LogP contribution in [0.4, 0.5) is 0 Å². The lowest BCUT2D eigenvalue weighted by atomic mass is 9.93. The number of carboxylic acid groups (broad SMARTS) is 1. The minimum absolute atomic E-state index is 0.0192. The number of aryl methyl sites for hydroxylation is 1. The van der Waals surface area contributed by atoms with Crippen LogP contribution in [0.5, 0.6) is 0 Å². The van der Waals surface area contributed by atoms with Crippen LogP contribution in [-0.4, -0.2) is 49.7 Å². The summed E-state index contributed by atoms with van der Waals surface area (Å²) in [4.78, 5) is 30.3. The Morgan fingerprint density at radius 1 is 1.38 bits per heavy atom. The third-order valence-electron chi connectivity index (χ3n) is 5.05. The molecular weight excluding hydrogens is 332 g/mol. The molecule has 3 heterocycles. The van der Waals surface area contributed by atoms with E-state index in [-0.39, 0.29) is 24.3 Å². The van der Waals surface area contributed by atoms with E-state index in [1.165, 1.54) is 0 Å². The lowest BCUT2D eigenvalue weighted by molar-refractivity contribution is -0.137. The number of nitrogens with zero attached hydrogens (tertiary/aromatic N) is 4. The molecule has 7 nitrogen and oxygen atoms in total. The average Bonchev–Trinajstić information content (AvgIpc) is 3.01. The number of aliphatic carboxylic acids is 1. The van der Waals surface area contributed by atoms with E-state index in [9.17, 15) is 9.59 Å². The summed E-state index contributed by atoms with van der Waals surface area (Å²) in [6, 6.07) is 2.09. The van der Waals surface area contributed by atoms with Gasteiger partial charge in [0.05, 0.1) is 17.5 Å². The van der Waals surface area contributed by atoms with Gasteiger partial charge in [-0.25, -0.2) is 9.67 Å². The molecular formula is C19H26N4O3. The molecule has 1 aliphatic heterocycles. The van der Waals surface area contributed by atoms with Crippen LogP contribution in [0.2, 0.25) is 0 Å². The van der Waals surface area contributed by atoms with Gasteiger partial charge in [-0.15, -0.1) is 0 Å². The zero-order valence-corrected chi connectivity index (χ0v) is 15.6. The number of likely N-dealkylation sites (tertiary alicyclic amines) is 1. The molecule has 1 amide bonds. The highest BCUT2D eigenvalue weighted by Crippen LogP contribution is 2.25. The van der Waals surface area contributed by atoms with E-state index in [0.29, 0.717) is 30.8 Å². The number of hydrogen-bond donors (Lipinski definition) is 1. The van der Waals surface area contributed by atoms with Gasteiger partial charge in [0.15, 0.2) is 5.65 Å². The summed E-state index contributed by atoms with van der Waals surface area (Å²) in [7, 11) is 0. The average molecular weight is 358 g/mol. The summed E-state index contributed by atoms with van der Waals surface area (Å²) < 4.78 is 1.86. The molecule has 1 saturated heterocycles. The molecule has 1 N–H and O–H groups in total. The largest absolute Gasteiger partial charge is 0.481 e. The van der Waals surface area contributed by atoms with Crippen molar-refractivity contribution < 1.29 is 14.7 Å². The van der Waals surface area contributed by atoms with Crippen molar-refractivity contribution in [3.63, 3.8) is 0 Å². The van der Waals surface area contributed by atoms with Crippen molar-refractivity contribution in [3.8, 4) is 0 Å². The van der Waals surface area contributed by atoms with E-state index in [0.717, 1.165) is 23.9 Å². The molecule has 26 heavy (non-hydrogen) atoms. The summed E-state index contributed by atoms with van der Waals surface area (Å²) in [6.07, 6.45) is 4.43. The van der Waals surface area contributed by atoms with E-state index in [4.69, 9.17) is 5.11 Å². The Morgan fingerprint density at radius 2 is 2.15 bits per heavy atom. The predicted octanol–water partition coefficient (Wildman–Crippen LogP) is 3.04. The Kier molecular flexibility index (Phi) is 5.25.